The van der Waals surface area contributed by atoms with Crippen molar-refractivity contribution in [1.82, 2.24) is 4.57 Å². The van der Waals surface area contributed by atoms with E-state index in [-0.39, 0.29) is 12.0 Å². The van der Waals surface area contributed by atoms with E-state index in [4.69, 9.17) is 9.47 Å². The maximum absolute atomic E-state index is 12.4. The summed E-state index contributed by atoms with van der Waals surface area (Å²) in [6, 6.07) is 8.21. The molecule has 0 fully saturated rings. The maximum Gasteiger partial charge on any atom is 0.329 e. The highest BCUT2D eigenvalue weighted by atomic mass is 16.6. The van der Waals surface area contributed by atoms with Gasteiger partial charge in [0.2, 0.25) is 0 Å². The number of aromatic nitrogens is 1. The second kappa shape index (κ2) is 8.16. The summed E-state index contributed by atoms with van der Waals surface area (Å²) < 4.78 is 12.6. The molecule has 0 saturated carbocycles. The average Bonchev–Trinajstić information content (AvgIpc) is 2.95. The van der Waals surface area contributed by atoms with Crippen LogP contribution >= 0.6 is 0 Å². The highest BCUT2D eigenvalue weighted by Crippen LogP contribution is 2.26. The van der Waals surface area contributed by atoms with Gasteiger partial charge in [-0.05, 0) is 48.4 Å². The first-order valence-corrected chi connectivity index (χ1v) is 8.43. The lowest BCUT2D eigenvalue weighted by Gasteiger charge is -2.17. The summed E-state index contributed by atoms with van der Waals surface area (Å²) in [5.41, 5.74) is 2.38. The zero-order chi connectivity index (χ0) is 16.8. The molecule has 0 aliphatic carbocycles. The summed E-state index contributed by atoms with van der Waals surface area (Å²) in [5.74, 6) is 0.297. The fraction of sp³-hybridized carbons (Fsp3) is 0.526. The quantitative estimate of drug-likeness (QED) is 0.538. The molecule has 0 N–H and O–H groups in total. The predicted molar refractivity (Wildman–Crippen MR) is 92.8 cm³/mol. The van der Waals surface area contributed by atoms with Crippen molar-refractivity contribution < 1.29 is 14.3 Å². The molecular weight excluding hydrogens is 290 g/mol. The maximum atomic E-state index is 12.4. The molecule has 0 aliphatic rings. The van der Waals surface area contributed by atoms with Crippen LogP contribution in [0, 0.1) is 0 Å². The summed E-state index contributed by atoms with van der Waals surface area (Å²) in [5, 5.41) is 1.16. The number of fused-ring (bicyclic) bond motifs is 1. The van der Waals surface area contributed by atoms with Crippen molar-refractivity contribution in [1.29, 1.82) is 0 Å². The number of benzene rings is 1. The number of hydrogen-bond acceptors (Lipinski definition) is 3. The van der Waals surface area contributed by atoms with E-state index in [1.165, 1.54) is 5.56 Å². The monoisotopic (exact) mass is 317 g/mol. The smallest absolute Gasteiger partial charge is 0.329 e. The van der Waals surface area contributed by atoms with Crippen molar-refractivity contribution >= 4 is 16.9 Å². The Kier molecular flexibility index (Phi) is 6.22. The van der Waals surface area contributed by atoms with Crippen LogP contribution in [0.15, 0.2) is 30.5 Å². The van der Waals surface area contributed by atoms with Crippen LogP contribution in [-0.4, -0.2) is 30.4 Å². The van der Waals surface area contributed by atoms with Crippen LogP contribution in [0.1, 0.15) is 51.6 Å². The van der Waals surface area contributed by atoms with Crippen LogP contribution in [0.3, 0.4) is 0 Å². The number of rotatable bonds is 8. The SMILES string of the molecule is CCOCCOC(=O)C(CC)n1ccc2cc(C(C)C)ccc21. The number of carbonyl (C=O) groups is 1. The number of carbonyl (C=O) groups excluding carboxylic acids is 1. The molecule has 4 nitrogen and oxygen atoms in total. The van der Waals surface area contributed by atoms with Gasteiger partial charge in [0.25, 0.3) is 0 Å². The highest BCUT2D eigenvalue weighted by molar-refractivity contribution is 5.84. The predicted octanol–water partition coefficient (Wildman–Crippen LogP) is 4.30. The molecular formula is C19H27NO3. The first-order valence-electron chi connectivity index (χ1n) is 8.43. The Morgan fingerprint density at radius 3 is 2.61 bits per heavy atom. The van der Waals surface area contributed by atoms with Gasteiger partial charge < -0.3 is 14.0 Å². The Bertz CT molecular complexity index is 645. The third-order valence-electron chi connectivity index (χ3n) is 4.08. The zero-order valence-corrected chi connectivity index (χ0v) is 14.5. The zero-order valence-electron chi connectivity index (χ0n) is 14.5. The van der Waals surface area contributed by atoms with Crippen molar-refractivity contribution in [2.75, 3.05) is 19.8 Å². The van der Waals surface area contributed by atoms with E-state index < -0.39 is 0 Å². The minimum atomic E-state index is -0.293. The van der Waals surface area contributed by atoms with Gasteiger partial charge in [-0.25, -0.2) is 4.79 Å². The number of nitrogens with zero attached hydrogens (tertiary/aromatic N) is 1. The van der Waals surface area contributed by atoms with Gasteiger partial charge in [0.05, 0.1) is 6.61 Å². The minimum Gasteiger partial charge on any atom is -0.462 e. The first kappa shape index (κ1) is 17.5. The Balaban J connectivity index is 2.17. The van der Waals surface area contributed by atoms with Crippen LogP contribution < -0.4 is 0 Å². The van der Waals surface area contributed by atoms with Gasteiger partial charge in [-0.1, -0.05) is 26.8 Å². The molecule has 4 heteroatoms. The molecule has 1 unspecified atom stereocenters. The molecule has 0 radical (unpaired) electrons. The van der Waals surface area contributed by atoms with Gasteiger partial charge in [0, 0.05) is 18.3 Å². The third kappa shape index (κ3) is 4.14. The van der Waals surface area contributed by atoms with E-state index in [0.717, 1.165) is 10.9 Å². The average molecular weight is 317 g/mol. The van der Waals surface area contributed by atoms with E-state index in [1.807, 2.05) is 24.6 Å². The molecule has 2 rings (SSSR count). The van der Waals surface area contributed by atoms with Crippen molar-refractivity contribution in [2.24, 2.45) is 0 Å². The van der Waals surface area contributed by atoms with Gasteiger partial charge in [-0.3, -0.25) is 0 Å². The molecule has 23 heavy (non-hydrogen) atoms. The lowest BCUT2D eigenvalue weighted by Crippen LogP contribution is -2.22. The molecule has 1 aromatic heterocycles. The Hall–Kier alpha value is -1.81. The molecule has 1 aromatic carbocycles. The van der Waals surface area contributed by atoms with Crippen molar-refractivity contribution in [3.63, 3.8) is 0 Å². The first-order chi connectivity index (χ1) is 11.1. The number of esters is 1. The van der Waals surface area contributed by atoms with E-state index in [0.29, 0.717) is 32.2 Å². The highest BCUT2D eigenvalue weighted by Gasteiger charge is 2.21. The van der Waals surface area contributed by atoms with E-state index in [1.54, 1.807) is 0 Å². The van der Waals surface area contributed by atoms with Gasteiger partial charge in [0.1, 0.15) is 12.6 Å². The summed E-state index contributed by atoms with van der Waals surface area (Å²) in [6.07, 6.45) is 2.68. The summed E-state index contributed by atoms with van der Waals surface area (Å²) >= 11 is 0. The minimum absolute atomic E-state index is 0.197. The second-order valence-electron chi connectivity index (χ2n) is 5.98. The molecule has 0 saturated heterocycles. The van der Waals surface area contributed by atoms with Crippen LogP contribution in [0.4, 0.5) is 0 Å². The van der Waals surface area contributed by atoms with Gasteiger partial charge >= 0.3 is 5.97 Å². The molecule has 1 heterocycles. The lowest BCUT2D eigenvalue weighted by molar-refractivity contribution is -0.149. The largest absolute Gasteiger partial charge is 0.462 e. The normalized spacial score (nSPS) is 12.7. The Morgan fingerprint density at radius 2 is 1.96 bits per heavy atom. The van der Waals surface area contributed by atoms with E-state index >= 15 is 0 Å². The van der Waals surface area contributed by atoms with Crippen LogP contribution in [0.2, 0.25) is 0 Å². The molecule has 126 valence electrons. The molecule has 0 aliphatic heterocycles. The van der Waals surface area contributed by atoms with Crippen LogP contribution in [0.25, 0.3) is 10.9 Å². The van der Waals surface area contributed by atoms with Crippen molar-refractivity contribution in [2.45, 2.75) is 46.1 Å². The van der Waals surface area contributed by atoms with E-state index in [9.17, 15) is 4.79 Å². The lowest BCUT2D eigenvalue weighted by atomic mass is 10.0. The Labute approximate surface area is 138 Å². The topological polar surface area (TPSA) is 40.5 Å². The van der Waals surface area contributed by atoms with Gasteiger partial charge in [-0.15, -0.1) is 0 Å². The second-order valence-corrected chi connectivity index (χ2v) is 5.98. The summed E-state index contributed by atoms with van der Waals surface area (Å²) in [4.78, 5) is 12.4. The van der Waals surface area contributed by atoms with Crippen LogP contribution in [-0.2, 0) is 14.3 Å². The fourth-order valence-corrected chi connectivity index (χ4v) is 2.73. The number of ether oxygens (including phenoxy) is 2. The van der Waals surface area contributed by atoms with Crippen molar-refractivity contribution in [3.05, 3.63) is 36.0 Å². The van der Waals surface area contributed by atoms with E-state index in [2.05, 4.69) is 38.1 Å². The van der Waals surface area contributed by atoms with Gasteiger partial charge in [-0.2, -0.15) is 0 Å². The molecule has 2 aromatic rings. The standard InChI is InChI=1S/C19H27NO3/c1-5-17(19(21)23-12-11-22-6-2)20-10-9-16-13-15(14(3)4)7-8-18(16)20/h7-10,13-14,17H,5-6,11-12H2,1-4H3. The summed E-state index contributed by atoms with van der Waals surface area (Å²) in [7, 11) is 0. The molecule has 0 amide bonds. The fourth-order valence-electron chi connectivity index (χ4n) is 2.73. The van der Waals surface area contributed by atoms with Gasteiger partial charge in [0.15, 0.2) is 0 Å². The summed E-state index contributed by atoms with van der Waals surface area (Å²) in [6.45, 7) is 9.68. The molecule has 0 bridgehead atoms. The number of hydrogen-bond donors (Lipinski definition) is 0. The molecule has 0 spiro atoms. The third-order valence-corrected chi connectivity index (χ3v) is 4.08. The molecule has 1 atom stereocenters. The Morgan fingerprint density at radius 1 is 1.17 bits per heavy atom. The van der Waals surface area contributed by atoms with Crippen molar-refractivity contribution in [3.8, 4) is 0 Å². The van der Waals surface area contributed by atoms with Crippen LogP contribution in [0.5, 0.6) is 0 Å².